The molecule has 0 aliphatic carbocycles. The van der Waals surface area contributed by atoms with Gasteiger partial charge in [0.15, 0.2) is 5.75 Å². The molecule has 0 saturated carbocycles. The average molecular weight is 711 g/mol. The Morgan fingerprint density at radius 1 is 0.971 bits per heavy atom. The number of alkyl halides is 3. The molecule has 14 heteroatoms. The number of hydrogen-bond donors (Lipinski definition) is 1. The van der Waals surface area contributed by atoms with Crippen LogP contribution in [-0.2, 0) is 20.3 Å². The van der Waals surface area contributed by atoms with Crippen LogP contribution in [-0.4, -0.2) is 42.9 Å². The van der Waals surface area contributed by atoms with Gasteiger partial charge in [-0.25, -0.2) is 9.59 Å². The van der Waals surface area contributed by atoms with E-state index in [2.05, 4.69) is 52.5 Å². The fraction of sp³-hybridized carbons (Fsp3) is 0.333. The molecule has 0 fully saturated rings. The van der Waals surface area contributed by atoms with Crippen LogP contribution in [0.4, 0.5) is 13.2 Å². The molecule has 7 nitrogen and oxygen atoms in total. The highest BCUT2D eigenvalue weighted by Gasteiger charge is 2.46. The zero-order chi connectivity index (χ0) is 26.9. The minimum atomic E-state index is -5.30. The lowest BCUT2D eigenvalue weighted by Crippen LogP contribution is -2.39. The molecule has 0 amide bonds. The molecule has 2 aromatic carbocycles. The van der Waals surface area contributed by atoms with Gasteiger partial charge in [0.1, 0.15) is 5.75 Å². The van der Waals surface area contributed by atoms with Crippen LogP contribution in [0.3, 0.4) is 0 Å². The lowest BCUT2D eigenvalue weighted by Gasteiger charge is -2.23. The molecule has 0 aliphatic rings. The normalized spacial score (nSPS) is 13.3. The maximum atomic E-state index is 13.3. The van der Waals surface area contributed by atoms with E-state index in [0.29, 0.717) is 19.0 Å². The molecule has 0 bridgehead atoms. The van der Waals surface area contributed by atoms with E-state index >= 15 is 0 Å². The standard InChI is InChI=1S/C21H18Br3F3O7S/c1-20(2,3)10-4-5-12(18(28)34-17-14(23)7-11(22)8-15(17)24)13(6-10)19(29)33-16(21(25,26)27)9-35(30,31)32/h4-8,16H,9H2,1-3H3,(H,30,31,32). The average Bonchev–Trinajstić information content (AvgIpc) is 2.67. The van der Waals surface area contributed by atoms with Crippen molar-refractivity contribution in [1.29, 1.82) is 0 Å². The van der Waals surface area contributed by atoms with Crippen LogP contribution in [0.15, 0.2) is 43.7 Å². The summed E-state index contributed by atoms with van der Waals surface area (Å²) in [6.45, 7) is 5.30. The third-order valence-corrected chi connectivity index (χ3v) is 6.82. The van der Waals surface area contributed by atoms with Crippen molar-refractivity contribution in [3.05, 3.63) is 60.4 Å². The number of hydrogen-bond acceptors (Lipinski definition) is 6. The number of esters is 2. The summed E-state index contributed by atoms with van der Waals surface area (Å²) < 4.78 is 82.0. The van der Waals surface area contributed by atoms with Gasteiger partial charge >= 0.3 is 18.1 Å². The van der Waals surface area contributed by atoms with Crippen LogP contribution in [0.25, 0.3) is 0 Å². The molecule has 35 heavy (non-hydrogen) atoms. The second kappa shape index (κ2) is 10.9. The van der Waals surface area contributed by atoms with Crippen LogP contribution in [0.5, 0.6) is 5.75 Å². The van der Waals surface area contributed by atoms with Crippen LogP contribution < -0.4 is 4.74 Å². The van der Waals surface area contributed by atoms with Gasteiger partial charge in [0.05, 0.1) is 20.1 Å². The van der Waals surface area contributed by atoms with Gasteiger partial charge in [0, 0.05) is 4.47 Å². The predicted molar refractivity (Wildman–Crippen MR) is 131 cm³/mol. The molecule has 0 aromatic heterocycles. The molecule has 192 valence electrons. The van der Waals surface area contributed by atoms with Gasteiger partial charge in [-0.2, -0.15) is 21.6 Å². The summed E-state index contributed by atoms with van der Waals surface area (Å²) in [6, 6.07) is 7.03. The van der Waals surface area contributed by atoms with E-state index in [1.807, 2.05) is 0 Å². The smallest absolute Gasteiger partial charge is 0.426 e. The third kappa shape index (κ3) is 8.27. The topological polar surface area (TPSA) is 107 Å². The number of halogens is 6. The van der Waals surface area contributed by atoms with E-state index in [1.54, 1.807) is 32.9 Å². The van der Waals surface area contributed by atoms with E-state index in [9.17, 15) is 31.2 Å². The molecule has 0 radical (unpaired) electrons. The van der Waals surface area contributed by atoms with Gasteiger partial charge in [-0.05, 0) is 67.1 Å². The van der Waals surface area contributed by atoms with Crippen molar-refractivity contribution in [2.24, 2.45) is 0 Å². The molecule has 2 rings (SSSR count). The zero-order valence-corrected chi connectivity index (χ0v) is 23.8. The van der Waals surface area contributed by atoms with E-state index in [1.165, 1.54) is 18.2 Å². The fourth-order valence-electron chi connectivity index (χ4n) is 2.71. The van der Waals surface area contributed by atoms with Crippen LogP contribution >= 0.6 is 47.8 Å². The first-order valence-corrected chi connectivity index (χ1v) is 13.5. The van der Waals surface area contributed by atoms with E-state index in [-0.39, 0.29) is 5.75 Å². The first kappa shape index (κ1) is 29.7. The molecular formula is C21H18Br3F3O7S. The highest BCUT2D eigenvalue weighted by molar-refractivity contribution is 9.11. The summed E-state index contributed by atoms with van der Waals surface area (Å²) in [7, 11) is -5.15. The summed E-state index contributed by atoms with van der Waals surface area (Å²) in [5.41, 5.74) is -1.09. The predicted octanol–water partition coefficient (Wildman–Crippen LogP) is 6.47. The SMILES string of the molecule is CC(C)(C)c1ccc(C(=O)Oc2c(Br)cc(Br)cc2Br)c(C(=O)OC(CS(=O)(=O)O)C(F)(F)F)c1. The summed E-state index contributed by atoms with van der Waals surface area (Å²) in [6.07, 6.45) is -8.47. The first-order chi connectivity index (χ1) is 15.8. The Hall–Kier alpha value is -1.48. The molecule has 1 N–H and O–H groups in total. The van der Waals surface area contributed by atoms with Crippen molar-refractivity contribution in [3.8, 4) is 5.75 Å². The van der Waals surface area contributed by atoms with Gasteiger partial charge in [-0.1, -0.05) is 42.8 Å². The first-order valence-electron chi connectivity index (χ1n) is 9.53. The number of carbonyl (C=O) groups excluding carboxylic acids is 2. The highest BCUT2D eigenvalue weighted by atomic mass is 79.9. The summed E-state index contributed by atoms with van der Waals surface area (Å²) in [5, 5.41) is 0. The molecule has 1 unspecified atom stereocenters. The van der Waals surface area contributed by atoms with Gasteiger partial charge in [0.2, 0.25) is 6.10 Å². The lowest BCUT2D eigenvalue weighted by molar-refractivity contribution is -0.197. The highest BCUT2D eigenvalue weighted by Crippen LogP contribution is 2.37. The monoisotopic (exact) mass is 708 g/mol. The molecule has 1 atom stereocenters. The quantitative estimate of drug-likeness (QED) is 0.208. The number of benzene rings is 2. The van der Waals surface area contributed by atoms with E-state index in [0.717, 1.165) is 0 Å². The van der Waals surface area contributed by atoms with Crippen molar-refractivity contribution in [3.63, 3.8) is 0 Å². The van der Waals surface area contributed by atoms with Crippen molar-refractivity contribution >= 4 is 69.8 Å². The van der Waals surface area contributed by atoms with Crippen LogP contribution in [0, 0.1) is 0 Å². The zero-order valence-electron chi connectivity index (χ0n) is 18.2. The van der Waals surface area contributed by atoms with Crippen LogP contribution in [0.2, 0.25) is 0 Å². The Balaban J connectivity index is 2.54. The second-order valence-electron chi connectivity index (χ2n) is 8.28. The minimum absolute atomic E-state index is 0.0388. The Labute approximate surface area is 224 Å². The largest absolute Gasteiger partial charge is 0.448 e. The van der Waals surface area contributed by atoms with Crippen molar-refractivity contribution in [1.82, 2.24) is 0 Å². The van der Waals surface area contributed by atoms with Crippen molar-refractivity contribution in [2.75, 3.05) is 5.75 Å². The Morgan fingerprint density at radius 3 is 1.97 bits per heavy atom. The second-order valence-corrected chi connectivity index (χ2v) is 12.4. The molecule has 0 heterocycles. The molecule has 0 spiro atoms. The number of carbonyl (C=O) groups is 2. The number of rotatable bonds is 6. The summed E-state index contributed by atoms with van der Waals surface area (Å²) in [5.74, 6) is -4.57. The molecule has 2 aromatic rings. The maximum absolute atomic E-state index is 13.3. The Kier molecular flexibility index (Phi) is 9.24. The van der Waals surface area contributed by atoms with E-state index < -0.39 is 56.6 Å². The maximum Gasteiger partial charge on any atom is 0.426 e. The molecule has 0 saturated heterocycles. The van der Waals surface area contributed by atoms with Gasteiger partial charge < -0.3 is 9.47 Å². The van der Waals surface area contributed by atoms with E-state index in [4.69, 9.17) is 9.29 Å². The number of ether oxygens (including phenoxy) is 2. The van der Waals surface area contributed by atoms with Crippen molar-refractivity contribution < 1.29 is 45.2 Å². The molecule has 0 aliphatic heterocycles. The van der Waals surface area contributed by atoms with Crippen LogP contribution in [0.1, 0.15) is 47.1 Å². The molecular weight excluding hydrogens is 693 g/mol. The summed E-state index contributed by atoms with van der Waals surface area (Å²) in [4.78, 5) is 25.8. The van der Waals surface area contributed by atoms with Crippen molar-refractivity contribution in [2.45, 2.75) is 38.5 Å². The minimum Gasteiger partial charge on any atom is -0.448 e. The van der Waals surface area contributed by atoms with Gasteiger partial charge in [-0.15, -0.1) is 0 Å². The van der Waals surface area contributed by atoms with Gasteiger partial charge in [-0.3, -0.25) is 4.55 Å². The fourth-order valence-corrected chi connectivity index (χ4v) is 5.77. The lowest BCUT2D eigenvalue weighted by atomic mass is 9.85. The van der Waals surface area contributed by atoms with Gasteiger partial charge in [0.25, 0.3) is 10.1 Å². The summed E-state index contributed by atoms with van der Waals surface area (Å²) >= 11 is 9.73. The Morgan fingerprint density at radius 2 is 1.51 bits per heavy atom. The third-order valence-electron chi connectivity index (χ3n) is 4.46. The Bertz CT molecular complexity index is 1230.